The molecule has 2 heterocycles. The fraction of sp³-hybridized carbons (Fsp3) is 0.286. The molecular weight excluding hydrogens is 294 g/mol. The highest BCUT2D eigenvalue weighted by Crippen LogP contribution is 2.22. The van der Waals surface area contributed by atoms with E-state index in [0.717, 1.165) is 0 Å². The van der Waals surface area contributed by atoms with Crippen molar-refractivity contribution in [2.75, 3.05) is 20.6 Å². The second-order valence-corrected chi connectivity index (χ2v) is 5.92. The van der Waals surface area contributed by atoms with Crippen LogP contribution in [0.3, 0.4) is 0 Å². The van der Waals surface area contributed by atoms with E-state index >= 15 is 0 Å². The number of hydrogen-bond donors (Lipinski definition) is 1. The molecule has 6 heteroatoms. The van der Waals surface area contributed by atoms with Gasteiger partial charge >= 0.3 is 0 Å². The first kappa shape index (κ1) is 15.0. The van der Waals surface area contributed by atoms with Gasteiger partial charge in [-0.05, 0) is 37.7 Å². The standard InChI is InChI=1S/C14H16ClN3OS/c1-18(2)11(12-6-4-8-20-12)9-16-14(19)10-5-3-7-13(15)17-10/h3-8,11H,9H2,1-2H3,(H,16,19). The largest absolute Gasteiger partial charge is 0.349 e. The second-order valence-electron chi connectivity index (χ2n) is 4.55. The van der Waals surface area contributed by atoms with Crippen LogP contribution in [-0.2, 0) is 0 Å². The Morgan fingerprint density at radius 3 is 2.80 bits per heavy atom. The minimum absolute atomic E-state index is 0.151. The van der Waals surface area contributed by atoms with Gasteiger partial charge in [-0.2, -0.15) is 0 Å². The zero-order chi connectivity index (χ0) is 14.5. The highest BCUT2D eigenvalue weighted by Gasteiger charge is 2.17. The first-order valence-electron chi connectivity index (χ1n) is 6.18. The van der Waals surface area contributed by atoms with E-state index in [4.69, 9.17) is 11.6 Å². The number of hydrogen-bond acceptors (Lipinski definition) is 4. The number of nitrogens with zero attached hydrogens (tertiary/aromatic N) is 2. The Kier molecular flexibility index (Phi) is 5.11. The summed E-state index contributed by atoms with van der Waals surface area (Å²) >= 11 is 7.47. The van der Waals surface area contributed by atoms with E-state index in [1.54, 1.807) is 29.5 Å². The highest BCUT2D eigenvalue weighted by atomic mass is 35.5. The van der Waals surface area contributed by atoms with Crippen LogP contribution in [0, 0.1) is 0 Å². The zero-order valence-corrected chi connectivity index (χ0v) is 12.9. The van der Waals surface area contributed by atoms with Crippen molar-refractivity contribution in [1.82, 2.24) is 15.2 Å². The third-order valence-electron chi connectivity index (χ3n) is 2.90. The maximum absolute atomic E-state index is 12.0. The Hall–Kier alpha value is -1.43. The van der Waals surface area contributed by atoms with E-state index in [9.17, 15) is 4.79 Å². The summed E-state index contributed by atoms with van der Waals surface area (Å²) < 4.78 is 0. The van der Waals surface area contributed by atoms with Gasteiger partial charge in [-0.25, -0.2) is 4.98 Å². The second kappa shape index (κ2) is 6.83. The van der Waals surface area contributed by atoms with E-state index < -0.39 is 0 Å². The molecule has 2 rings (SSSR count). The fourth-order valence-corrected chi connectivity index (χ4v) is 2.92. The van der Waals surface area contributed by atoms with Gasteiger partial charge in [0.1, 0.15) is 10.8 Å². The summed E-state index contributed by atoms with van der Waals surface area (Å²) in [7, 11) is 3.99. The van der Waals surface area contributed by atoms with E-state index in [1.165, 1.54) is 4.88 Å². The van der Waals surface area contributed by atoms with Gasteiger partial charge in [0.15, 0.2) is 0 Å². The normalized spacial score (nSPS) is 12.4. The molecule has 0 radical (unpaired) electrons. The quantitative estimate of drug-likeness (QED) is 0.864. The zero-order valence-electron chi connectivity index (χ0n) is 11.3. The Morgan fingerprint density at radius 2 is 2.20 bits per heavy atom. The molecule has 1 unspecified atom stereocenters. The topological polar surface area (TPSA) is 45.2 Å². The molecule has 0 aliphatic carbocycles. The van der Waals surface area contributed by atoms with E-state index in [0.29, 0.717) is 17.4 Å². The summed E-state index contributed by atoms with van der Waals surface area (Å²) in [4.78, 5) is 19.3. The lowest BCUT2D eigenvalue weighted by atomic mass is 10.2. The summed E-state index contributed by atoms with van der Waals surface area (Å²) in [5.74, 6) is -0.212. The van der Waals surface area contributed by atoms with E-state index in [1.807, 2.05) is 25.5 Å². The van der Waals surface area contributed by atoms with Crippen LogP contribution in [-0.4, -0.2) is 36.4 Å². The average molecular weight is 310 g/mol. The number of carbonyl (C=O) groups is 1. The molecule has 20 heavy (non-hydrogen) atoms. The van der Waals surface area contributed by atoms with Gasteiger partial charge in [0.25, 0.3) is 5.91 Å². The molecule has 1 N–H and O–H groups in total. The molecule has 0 spiro atoms. The number of rotatable bonds is 5. The van der Waals surface area contributed by atoms with Crippen molar-refractivity contribution >= 4 is 28.8 Å². The summed E-state index contributed by atoms with van der Waals surface area (Å²) in [6.45, 7) is 0.528. The van der Waals surface area contributed by atoms with Crippen LogP contribution in [0.2, 0.25) is 5.15 Å². The molecule has 1 atom stereocenters. The van der Waals surface area contributed by atoms with E-state index in [2.05, 4.69) is 21.3 Å². The van der Waals surface area contributed by atoms with Gasteiger partial charge in [0.2, 0.25) is 0 Å². The Balaban J connectivity index is 2.01. The molecule has 1 amide bonds. The number of carbonyl (C=O) groups excluding carboxylic acids is 1. The number of likely N-dealkylation sites (N-methyl/N-ethyl adjacent to an activating group) is 1. The van der Waals surface area contributed by atoms with Crippen LogP contribution in [0.25, 0.3) is 0 Å². The van der Waals surface area contributed by atoms with Crippen molar-refractivity contribution in [1.29, 1.82) is 0 Å². The average Bonchev–Trinajstić information content (AvgIpc) is 2.92. The minimum atomic E-state index is -0.212. The molecule has 0 aromatic carbocycles. The maximum Gasteiger partial charge on any atom is 0.270 e. The lowest BCUT2D eigenvalue weighted by Crippen LogP contribution is -2.34. The number of thiophene rings is 1. The van der Waals surface area contributed by atoms with Crippen molar-refractivity contribution in [3.05, 3.63) is 51.4 Å². The fourth-order valence-electron chi connectivity index (χ4n) is 1.83. The minimum Gasteiger partial charge on any atom is -0.349 e. The van der Waals surface area contributed by atoms with Crippen LogP contribution < -0.4 is 5.32 Å². The summed E-state index contributed by atoms with van der Waals surface area (Å²) in [6, 6.07) is 9.24. The number of nitrogens with one attached hydrogen (secondary N) is 1. The predicted molar refractivity (Wildman–Crippen MR) is 82.3 cm³/mol. The highest BCUT2D eigenvalue weighted by molar-refractivity contribution is 7.10. The van der Waals surface area contributed by atoms with Gasteiger partial charge in [-0.1, -0.05) is 23.7 Å². The van der Waals surface area contributed by atoms with Crippen molar-refractivity contribution in [3.8, 4) is 0 Å². The van der Waals surface area contributed by atoms with Crippen LogP contribution in [0.15, 0.2) is 35.7 Å². The summed E-state index contributed by atoms with van der Waals surface area (Å²) in [5, 5.41) is 5.25. The molecule has 0 bridgehead atoms. The van der Waals surface area contributed by atoms with Crippen LogP contribution in [0.1, 0.15) is 21.4 Å². The smallest absolute Gasteiger partial charge is 0.270 e. The molecule has 0 aliphatic heterocycles. The number of pyridine rings is 1. The molecule has 2 aromatic heterocycles. The number of amides is 1. The summed E-state index contributed by atoms with van der Waals surface area (Å²) in [6.07, 6.45) is 0. The predicted octanol–water partition coefficient (Wildman–Crippen LogP) is 2.83. The van der Waals surface area contributed by atoms with Crippen molar-refractivity contribution in [3.63, 3.8) is 0 Å². The third kappa shape index (κ3) is 3.79. The summed E-state index contributed by atoms with van der Waals surface area (Å²) in [5.41, 5.74) is 0.334. The van der Waals surface area contributed by atoms with Gasteiger partial charge in [-0.15, -0.1) is 11.3 Å². The molecule has 2 aromatic rings. The van der Waals surface area contributed by atoms with Gasteiger partial charge in [-0.3, -0.25) is 4.79 Å². The molecule has 0 saturated carbocycles. The molecule has 106 valence electrons. The lowest BCUT2D eigenvalue weighted by molar-refractivity contribution is 0.0937. The Bertz CT molecular complexity index is 572. The molecule has 0 saturated heterocycles. The number of aromatic nitrogens is 1. The SMILES string of the molecule is CN(C)C(CNC(=O)c1cccc(Cl)n1)c1cccs1. The first-order valence-corrected chi connectivity index (χ1v) is 7.44. The monoisotopic (exact) mass is 309 g/mol. The molecule has 0 aliphatic rings. The molecule has 0 fully saturated rings. The number of halogens is 1. The van der Waals surface area contributed by atoms with Gasteiger partial charge < -0.3 is 10.2 Å². The third-order valence-corrected chi connectivity index (χ3v) is 4.08. The first-order chi connectivity index (χ1) is 9.58. The van der Waals surface area contributed by atoms with Crippen LogP contribution in [0.5, 0.6) is 0 Å². The van der Waals surface area contributed by atoms with Crippen LogP contribution in [0.4, 0.5) is 0 Å². The van der Waals surface area contributed by atoms with Crippen molar-refractivity contribution in [2.24, 2.45) is 0 Å². The maximum atomic E-state index is 12.0. The molecule has 4 nitrogen and oxygen atoms in total. The lowest BCUT2D eigenvalue weighted by Gasteiger charge is -2.23. The molecular formula is C14H16ClN3OS. The van der Waals surface area contributed by atoms with Gasteiger partial charge in [0, 0.05) is 11.4 Å². The van der Waals surface area contributed by atoms with Crippen molar-refractivity contribution < 1.29 is 4.79 Å². The Morgan fingerprint density at radius 1 is 1.40 bits per heavy atom. The van der Waals surface area contributed by atoms with Crippen LogP contribution >= 0.6 is 22.9 Å². The van der Waals surface area contributed by atoms with E-state index in [-0.39, 0.29) is 11.9 Å². The van der Waals surface area contributed by atoms with Crippen molar-refractivity contribution in [2.45, 2.75) is 6.04 Å². The Labute approximate surface area is 127 Å². The van der Waals surface area contributed by atoms with Gasteiger partial charge in [0.05, 0.1) is 6.04 Å².